The van der Waals surface area contributed by atoms with Crippen molar-refractivity contribution in [3.8, 4) is 28.7 Å². The lowest BCUT2D eigenvalue weighted by Crippen LogP contribution is -2.27. The standard InChI is InChI=1S/C23H32O7/c1-26-13-17(8-15-6-7-20(28-3)21(11-15)29-4)18(14-27-2)9-16-10-19(24)23(25)22(12-16)30-5/h6-7,10-12,17-18,24-25H,8-9,13-14H2,1-5H3. The van der Waals surface area contributed by atoms with Gasteiger partial charge in [-0.2, -0.15) is 0 Å². The smallest absolute Gasteiger partial charge is 0.200 e. The van der Waals surface area contributed by atoms with E-state index in [1.54, 1.807) is 40.6 Å². The van der Waals surface area contributed by atoms with Gasteiger partial charge in [0.05, 0.1) is 21.3 Å². The molecule has 0 aliphatic carbocycles. The zero-order valence-electron chi connectivity index (χ0n) is 18.3. The molecule has 0 aliphatic rings. The highest BCUT2D eigenvalue weighted by molar-refractivity contribution is 5.52. The number of benzene rings is 2. The van der Waals surface area contributed by atoms with Crippen LogP contribution in [0.15, 0.2) is 30.3 Å². The lowest BCUT2D eigenvalue weighted by molar-refractivity contribution is 0.0696. The van der Waals surface area contributed by atoms with Gasteiger partial charge in [0.1, 0.15) is 0 Å². The van der Waals surface area contributed by atoms with Gasteiger partial charge in [0.15, 0.2) is 23.0 Å². The molecule has 2 unspecified atom stereocenters. The molecule has 0 heterocycles. The average Bonchev–Trinajstić information content (AvgIpc) is 2.75. The molecule has 2 N–H and O–H groups in total. The van der Waals surface area contributed by atoms with Crippen molar-refractivity contribution < 1.29 is 33.9 Å². The summed E-state index contributed by atoms with van der Waals surface area (Å²) in [7, 11) is 8.03. The van der Waals surface area contributed by atoms with Crippen LogP contribution in [0.1, 0.15) is 11.1 Å². The summed E-state index contributed by atoms with van der Waals surface area (Å²) in [6.07, 6.45) is 1.38. The Morgan fingerprint density at radius 1 is 0.667 bits per heavy atom. The number of phenols is 2. The highest BCUT2D eigenvalue weighted by Crippen LogP contribution is 2.38. The molecule has 7 heteroatoms. The summed E-state index contributed by atoms with van der Waals surface area (Å²) in [5.74, 6) is 1.40. The van der Waals surface area contributed by atoms with E-state index in [0.717, 1.165) is 17.5 Å². The van der Waals surface area contributed by atoms with Crippen molar-refractivity contribution >= 4 is 0 Å². The van der Waals surface area contributed by atoms with Crippen LogP contribution in [0.2, 0.25) is 0 Å². The Morgan fingerprint density at radius 3 is 1.73 bits per heavy atom. The van der Waals surface area contributed by atoms with E-state index >= 15 is 0 Å². The fourth-order valence-corrected chi connectivity index (χ4v) is 3.69. The monoisotopic (exact) mass is 420 g/mol. The van der Waals surface area contributed by atoms with E-state index < -0.39 is 0 Å². The maximum absolute atomic E-state index is 10.0. The summed E-state index contributed by atoms with van der Waals surface area (Å²) in [6, 6.07) is 9.18. The molecule has 0 saturated heterocycles. The molecule has 0 amide bonds. The number of phenolic OH excluding ortho intramolecular Hbond substituents is 2. The fraction of sp³-hybridized carbons (Fsp3) is 0.478. The van der Waals surface area contributed by atoms with Gasteiger partial charge in [0.25, 0.3) is 0 Å². The second-order valence-corrected chi connectivity index (χ2v) is 7.19. The number of methoxy groups -OCH3 is 5. The Kier molecular flexibility index (Phi) is 9.08. The predicted octanol–water partition coefficient (Wildman–Crippen LogP) is 3.43. The molecule has 30 heavy (non-hydrogen) atoms. The van der Waals surface area contributed by atoms with Crippen LogP contribution in [0.25, 0.3) is 0 Å². The van der Waals surface area contributed by atoms with Crippen LogP contribution in [0.4, 0.5) is 0 Å². The summed E-state index contributed by atoms with van der Waals surface area (Å²) in [5, 5.41) is 19.9. The topological polar surface area (TPSA) is 86.6 Å². The lowest BCUT2D eigenvalue weighted by Gasteiger charge is -2.27. The largest absolute Gasteiger partial charge is 0.504 e. The Labute approximate surface area is 178 Å². The predicted molar refractivity (Wildman–Crippen MR) is 114 cm³/mol. The van der Waals surface area contributed by atoms with Gasteiger partial charge < -0.3 is 33.9 Å². The Bertz CT molecular complexity index is 806. The Balaban J connectivity index is 2.28. The van der Waals surface area contributed by atoms with E-state index in [1.807, 2.05) is 18.2 Å². The van der Waals surface area contributed by atoms with Gasteiger partial charge in [-0.3, -0.25) is 0 Å². The zero-order valence-corrected chi connectivity index (χ0v) is 18.3. The van der Waals surface area contributed by atoms with Crippen LogP contribution >= 0.6 is 0 Å². The first-order chi connectivity index (χ1) is 14.5. The molecule has 2 atom stereocenters. The molecule has 166 valence electrons. The van der Waals surface area contributed by atoms with Crippen LogP contribution in [-0.4, -0.2) is 59.0 Å². The van der Waals surface area contributed by atoms with Gasteiger partial charge in [-0.15, -0.1) is 0 Å². The Hall–Kier alpha value is -2.64. The Morgan fingerprint density at radius 2 is 1.20 bits per heavy atom. The van der Waals surface area contributed by atoms with Crippen LogP contribution in [0, 0.1) is 11.8 Å². The van der Waals surface area contributed by atoms with Crippen LogP contribution in [0.3, 0.4) is 0 Å². The van der Waals surface area contributed by atoms with E-state index in [0.29, 0.717) is 31.1 Å². The zero-order chi connectivity index (χ0) is 22.1. The maximum Gasteiger partial charge on any atom is 0.200 e. The molecule has 2 aromatic rings. The first-order valence-electron chi connectivity index (χ1n) is 9.74. The lowest BCUT2D eigenvalue weighted by atomic mass is 9.83. The van der Waals surface area contributed by atoms with E-state index in [2.05, 4.69) is 0 Å². The van der Waals surface area contributed by atoms with Crippen molar-refractivity contribution in [2.24, 2.45) is 11.8 Å². The molecular weight excluding hydrogens is 388 g/mol. The van der Waals surface area contributed by atoms with Gasteiger partial charge >= 0.3 is 0 Å². The van der Waals surface area contributed by atoms with Gasteiger partial charge in [0, 0.05) is 27.4 Å². The minimum absolute atomic E-state index is 0.108. The summed E-state index contributed by atoms with van der Waals surface area (Å²) < 4.78 is 26.9. The number of rotatable bonds is 12. The third-order valence-electron chi connectivity index (χ3n) is 5.21. The molecule has 2 rings (SSSR count). The van der Waals surface area contributed by atoms with Crippen molar-refractivity contribution in [3.63, 3.8) is 0 Å². The van der Waals surface area contributed by atoms with Crippen LogP contribution < -0.4 is 14.2 Å². The maximum atomic E-state index is 10.0. The quantitative estimate of drug-likeness (QED) is 0.509. The molecule has 2 aromatic carbocycles. The first kappa shape index (κ1) is 23.6. The van der Waals surface area contributed by atoms with Gasteiger partial charge in [-0.25, -0.2) is 0 Å². The first-order valence-corrected chi connectivity index (χ1v) is 9.74. The molecule has 0 aromatic heterocycles. The number of hydrogen-bond donors (Lipinski definition) is 2. The van der Waals surface area contributed by atoms with Crippen molar-refractivity contribution in [1.82, 2.24) is 0 Å². The summed E-state index contributed by atoms with van der Waals surface area (Å²) in [5.41, 5.74) is 1.94. The van der Waals surface area contributed by atoms with Gasteiger partial charge in [-0.1, -0.05) is 6.07 Å². The highest BCUT2D eigenvalue weighted by Gasteiger charge is 2.24. The second-order valence-electron chi connectivity index (χ2n) is 7.19. The molecule has 0 bridgehead atoms. The van der Waals surface area contributed by atoms with E-state index in [-0.39, 0.29) is 29.1 Å². The van der Waals surface area contributed by atoms with Crippen molar-refractivity contribution in [1.29, 1.82) is 0 Å². The van der Waals surface area contributed by atoms with Gasteiger partial charge in [0.2, 0.25) is 5.75 Å². The highest BCUT2D eigenvalue weighted by atomic mass is 16.5. The van der Waals surface area contributed by atoms with Crippen molar-refractivity contribution in [3.05, 3.63) is 41.5 Å². The minimum Gasteiger partial charge on any atom is -0.504 e. The van der Waals surface area contributed by atoms with Crippen molar-refractivity contribution in [2.75, 3.05) is 48.8 Å². The molecular formula is C23H32O7. The summed E-state index contributed by atoms with van der Waals surface area (Å²) in [6.45, 7) is 1.06. The normalized spacial score (nSPS) is 13.0. The molecule has 0 fully saturated rings. The van der Waals surface area contributed by atoms with E-state index in [9.17, 15) is 10.2 Å². The van der Waals surface area contributed by atoms with Crippen molar-refractivity contribution in [2.45, 2.75) is 12.8 Å². The van der Waals surface area contributed by atoms with Crippen LogP contribution in [-0.2, 0) is 22.3 Å². The summed E-state index contributed by atoms with van der Waals surface area (Å²) >= 11 is 0. The van der Waals surface area contributed by atoms with Gasteiger partial charge in [-0.05, 0) is 60.1 Å². The SMILES string of the molecule is COCC(Cc1ccc(OC)c(OC)c1)C(COC)Cc1cc(O)c(O)c(OC)c1. The van der Waals surface area contributed by atoms with Crippen LogP contribution in [0.5, 0.6) is 28.7 Å². The molecule has 0 aliphatic heterocycles. The average molecular weight is 421 g/mol. The molecule has 0 spiro atoms. The molecule has 7 nitrogen and oxygen atoms in total. The minimum atomic E-state index is -0.261. The number of hydrogen-bond acceptors (Lipinski definition) is 7. The van der Waals surface area contributed by atoms with E-state index in [1.165, 1.54) is 7.11 Å². The third-order valence-corrected chi connectivity index (χ3v) is 5.21. The molecule has 0 radical (unpaired) electrons. The second kappa shape index (κ2) is 11.5. The number of ether oxygens (including phenoxy) is 5. The van der Waals surface area contributed by atoms with E-state index in [4.69, 9.17) is 23.7 Å². The fourth-order valence-electron chi connectivity index (χ4n) is 3.69. The molecule has 0 saturated carbocycles. The number of aromatic hydroxyl groups is 2. The third kappa shape index (κ3) is 5.93. The summed E-state index contributed by atoms with van der Waals surface area (Å²) in [4.78, 5) is 0.